The number of furan rings is 1. The molecular weight excluding hydrogens is 240 g/mol. The molecule has 1 unspecified atom stereocenters. The van der Waals surface area contributed by atoms with Crippen LogP contribution in [0.4, 0.5) is 0 Å². The highest BCUT2D eigenvalue weighted by Gasteiger charge is 2.38. The lowest BCUT2D eigenvalue weighted by atomic mass is 9.85. The number of ketones is 1. The van der Waals surface area contributed by atoms with Crippen LogP contribution in [0.25, 0.3) is 11.3 Å². The van der Waals surface area contributed by atoms with E-state index in [-0.39, 0.29) is 5.78 Å². The van der Waals surface area contributed by atoms with Crippen molar-refractivity contribution >= 4 is 5.78 Å². The molecule has 1 aromatic heterocycles. The van der Waals surface area contributed by atoms with Gasteiger partial charge in [-0.1, -0.05) is 30.3 Å². The van der Waals surface area contributed by atoms with Gasteiger partial charge in [0.15, 0.2) is 11.5 Å². The fourth-order valence-corrected chi connectivity index (χ4v) is 2.27. The summed E-state index contributed by atoms with van der Waals surface area (Å²) >= 11 is 0. The average molecular weight is 254 g/mol. The lowest BCUT2D eigenvalue weighted by molar-refractivity contribution is 0.0662. The minimum atomic E-state index is -1.23. The molecule has 0 spiro atoms. The highest BCUT2D eigenvalue weighted by atomic mass is 16.4. The third kappa shape index (κ3) is 1.74. The van der Waals surface area contributed by atoms with E-state index in [1.54, 1.807) is 19.9 Å². The van der Waals surface area contributed by atoms with Gasteiger partial charge in [0.2, 0.25) is 0 Å². The third-order valence-corrected chi connectivity index (χ3v) is 3.61. The van der Waals surface area contributed by atoms with Crippen molar-refractivity contribution in [2.75, 3.05) is 0 Å². The van der Waals surface area contributed by atoms with Gasteiger partial charge in [0.05, 0.1) is 5.56 Å². The molecule has 1 heterocycles. The number of aliphatic hydroxyl groups is 1. The molecule has 0 saturated carbocycles. The average Bonchev–Trinajstić information content (AvgIpc) is 2.84. The summed E-state index contributed by atoms with van der Waals surface area (Å²) in [6.07, 6.45) is 1.46. The topological polar surface area (TPSA) is 50.4 Å². The molecular formula is C16H14O3. The Bertz CT molecular complexity index is 675. The molecule has 3 rings (SSSR count). The number of rotatable bonds is 1. The molecule has 1 atom stereocenters. The molecule has 0 fully saturated rings. The lowest BCUT2D eigenvalue weighted by Gasteiger charge is -2.26. The van der Waals surface area contributed by atoms with Crippen LogP contribution in [0.1, 0.15) is 30.0 Å². The van der Waals surface area contributed by atoms with E-state index < -0.39 is 5.60 Å². The van der Waals surface area contributed by atoms with E-state index in [4.69, 9.17) is 4.42 Å². The molecule has 0 aliphatic heterocycles. The van der Waals surface area contributed by atoms with Crippen molar-refractivity contribution < 1.29 is 14.3 Å². The summed E-state index contributed by atoms with van der Waals surface area (Å²) in [5, 5.41) is 10.5. The number of benzene rings is 1. The van der Waals surface area contributed by atoms with E-state index >= 15 is 0 Å². The van der Waals surface area contributed by atoms with E-state index in [9.17, 15) is 9.90 Å². The molecule has 19 heavy (non-hydrogen) atoms. The summed E-state index contributed by atoms with van der Waals surface area (Å²) in [6, 6.07) is 11.2. The van der Waals surface area contributed by atoms with Crippen LogP contribution >= 0.6 is 0 Å². The van der Waals surface area contributed by atoms with E-state index in [0.29, 0.717) is 22.7 Å². The molecule has 1 aliphatic rings. The Kier molecular flexibility index (Phi) is 2.47. The standard InChI is InChI=1S/C16H14O3/c1-10-8-13(17)12-9-14(11-6-4-3-5-7-11)19-15(12)16(10,2)18/h3-9,18H,1-2H3. The predicted octanol–water partition coefficient (Wildman–Crippen LogP) is 3.30. The second-order valence-corrected chi connectivity index (χ2v) is 4.98. The van der Waals surface area contributed by atoms with E-state index in [1.165, 1.54) is 6.08 Å². The lowest BCUT2D eigenvalue weighted by Crippen LogP contribution is -2.28. The Morgan fingerprint density at radius 3 is 2.58 bits per heavy atom. The van der Waals surface area contributed by atoms with Crippen molar-refractivity contribution in [1.82, 2.24) is 0 Å². The van der Waals surface area contributed by atoms with Crippen molar-refractivity contribution in [1.29, 1.82) is 0 Å². The summed E-state index contributed by atoms with van der Waals surface area (Å²) in [6.45, 7) is 3.37. The maximum absolute atomic E-state index is 12.0. The summed E-state index contributed by atoms with van der Waals surface area (Å²) in [4.78, 5) is 12.0. The quantitative estimate of drug-likeness (QED) is 0.849. The molecule has 1 aliphatic carbocycles. The zero-order chi connectivity index (χ0) is 13.6. The first kappa shape index (κ1) is 11.9. The molecule has 0 bridgehead atoms. The first-order valence-corrected chi connectivity index (χ1v) is 6.15. The van der Waals surface area contributed by atoms with Gasteiger partial charge in [-0.3, -0.25) is 4.79 Å². The Hall–Kier alpha value is -2.13. The summed E-state index contributed by atoms with van der Waals surface area (Å²) in [5.74, 6) is 0.809. The maximum atomic E-state index is 12.0. The van der Waals surface area contributed by atoms with E-state index in [2.05, 4.69) is 0 Å². The van der Waals surface area contributed by atoms with Gasteiger partial charge in [-0.25, -0.2) is 0 Å². The molecule has 96 valence electrons. The highest BCUT2D eigenvalue weighted by molar-refractivity contribution is 6.08. The Balaban J connectivity index is 2.18. The van der Waals surface area contributed by atoms with Gasteiger partial charge in [-0.05, 0) is 31.6 Å². The first-order chi connectivity index (χ1) is 9.00. The zero-order valence-electron chi connectivity index (χ0n) is 10.8. The van der Waals surface area contributed by atoms with Crippen LogP contribution < -0.4 is 0 Å². The minimum Gasteiger partial charge on any atom is -0.457 e. The summed E-state index contributed by atoms with van der Waals surface area (Å²) in [7, 11) is 0. The second-order valence-electron chi connectivity index (χ2n) is 4.98. The minimum absolute atomic E-state index is 0.120. The van der Waals surface area contributed by atoms with Gasteiger partial charge in [-0.2, -0.15) is 0 Å². The van der Waals surface area contributed by atoms with Crippen molar-refractivity contribution in [3.05, 3.63) is 59.4 Å². The SMILES string of the molecule is CC1=CC(=O)c2cc(-c3ccccc3)oc2C1(C)O. The van der Waals surface area contributed by atoms with Crippen LogP contribution in [-0.4, -0.2) is 10.9 Å². The van der Waals surface area contributed by atoms with Crippen molar-refractivity contribution in [3.63, 3.8) is 0 Å². The van der Waals surface area contributed by atoms with Crippen LogP contribution in [0.2, 0.25) is 0 Å². The number of fused-ring (bicyclic) bond motifs is 1. The number of allylic oxidation sites excluding steroid dienone is 1. The second kappa shape index (κ2) is 3.93. The monoisotopic (exact) mass is 254 g/mol. The van der Waals surface area contributed by atoms with Gasteiger partial charge < -0.3 is 9.52 Å². The van der Waals surface area contributed by atoms with Crippen LogP contribution in [0.5, 0.6) is 0 Å². The van der Waals surface area contributed by atoms with Crippen LogP contribution in [-0.2, 0) is 5.60 Å². The van der Waals surface area contributed by atoms with E-state index in [1.807, 2.05) is 30.3 Å². The largest absolute Gasteiger partial charge is 0.457 e. The van der Waals surface area contributed by atoms with Gasteiger partial charge in [0, 0.05) is 5.56 Å². The Labute approximate surface area is 111 Å². The number of carbonyl (C=O) groups is 1. The normalized spacial score (nSPS) is 22.1. The predicted molar refractivity (Wildman–Crippen MR) is 71.8 cm³/mol. The molecule has 2 aromatic rings. The van der Waals surface area contributed by atoms with Gasteiger partial charge in [0.1, 0.15) is 11.4 Å². The number of hydrogen-bond donors (Lipinski definition) is 1. The zero-order valence-corrected chi connectivity index (χ0v) is 10.8. The fraction of sp³-hybridized carbons (Fsp3) is 0.188. The molecule has 3 nitrogen and oxygen atoms in total. The molecule has 1 aromatic carbocycles. The van der Waals surface area contributed by atoms with E-state index in [0.717, 1.165) is 5.56 Å². The van der Waals surface area contributed by atoms with Crippen molar-refractivity contribution in [3.8, 4) is 11.3 Å². The molecule has 0 saturated heterocycles. The van der Waals surface area contributed by atoms with Crippen LogP contribution in [0, 0.1) is 0 Å². The smallest absolute Gasteiger partial charge is 0.189 e. The van der Waals surface area contributed by atoms with Crippen molar-refractivity contribution in [2.24, 2.45) is 0 Å². The molecule has 1 N–H and O–H groups in total. The Morgan fingerprint density at radius 1 is 1.21 bits per heavy atom. The fourth-order valence-electron chi connectivity index (χ4n) is 2.27. The molecule has 3 heteroatoms. The van der Waals surface area contributed by atoms with Crippen molar-refractivity contribution in [2.45, 2.75) is 19.4 Å². The highest BCUT2D eigenvalue weighted by Crippen LogP contribution is 2.39. The van der Waals surface area contributed by atoms with Gasteiger partial charge in [-0.15, -0.1) is 0 Å². The number of carbonyl (C=O) groups excluding carboxylic acids is 1. The van der Waals surface area contributed by atoms with Gasteiger partial charge >= 0.3 is 0 Å². The summed E-state index contributed by atoms with van der Waals surface area (Å²) < 4.78 is 5.74. The maximum Gasteiger partial charge on any atom is 0.189 e. The van der Waals surface area contributed by atoms with Crippen LogP contribution in [0.15, 0.2) is 52.5 Å². The third-order valence-electron chi connectivity index (χ3n) is 3.61. The van der Waals surface area contributed by atoms with Crippen LogP contribution in [0.3, 0.4) is 0 Å². The molecule has 0 amide bonds. The first-order valence-electron chi connectivity index (χ1n) is 6.15. The van der Waals surface area contributed by atoms with Gasteiger partial charge in [0.25, 0.3) is 0 Å². The summed E-state index contributed by atoms with van der Waals surface area (Å²) in [5.41, 5.74) is 0.697. The molecule has 0 radical (unpaired) electrons. The Morgan fingerprint density at radius 2 is 1.89 bits per heavy atom. The number of hydrogen-bond acceptors (Lipinski definition) is 3.